The highest BCUT2D eigenvalue weighted by Crippen LogP contribution is 2.13. The predicted molar refractivity (Wildman–Crippen MR) is 54.1 cm³/mol. The standard InChI is InChI=1S/C12H15F/c1-3-10(4-2)9-11-5-7-12(13)8-6-11/h3,5-8,10H,1,4,9H2,2H3. The lowest BCUT2D eigenvalue weighted by Gasteiger charge is -2.08. The molecule has 0 radical (unpaired) electrons. The first-order valence-electron chi connectivity index (χ1n) is 4.63. The zero-order valence-electron chi connectivity index (χ0n) is 7.96. The van der Waals surface area contributed by atoms with Crippen LogP contribution in [0.25, 0.3) is 0 Å². The lowest BCUT2D eigenvalue weighted by Crippen LogP contribution is -1.98. The number of benzene rings is 1. The van der Waals surface area contributed by atoms with Crippen LogP contribution in [0.3, 0.4) is 0 Å². The molecular formula is C12H15F. The van der Waals surface area contributed by atoms with Gasteiger partial charge < -0.3 is 0 Å². The zero-order chi connectivity index (χ0) is 9.68. The van der Waals surface area contributed by atoms with E-state index in [0.29, 0.717) is 5.92 Å². The highest BCUT2D eigenvalue weighted by atomic mass is 19.1. The topological polar surface area (TPSA) is 0 Å². The minimum absolute atomic E-state index is 0.171. The number of allylic oxidation sites excluding steroid dienone is 1. The van der Waals surface area contributed by atoms with Crippen LogP contribution in [-0.4, -0.2) is 0 Å². The monoisotopic (exact) mass is 178 g/mol. The van der Waals surface area contributed by atoms with Crippen molar-refractivity contribution in [2.24, 2.45) is 5.92 Å². The molecule has 0 amide bonds. The molecule has 1 heteroatoms. The van der Waals surface area contributed by atoms with Gasteiger partial charge in [0.1, 0.15) is 5.82 Å². The molecule has 70 valence electrons. The number of halogens is 1. The Morgan fingerprint density at radius 1 is 1.38 bits per heavy atom. The fourth-order valence-corrected chi connectivity index (χ4v) is 1.32. The number of hydrogen-bond donors (Lipinski definition) is 0. The van der Waals surface area contributed by atoms with Gasteiger partial charge in [0.15, 0.2) is 0 Å². The largest absolute Gasteiger partial charge is 0.207 e. The van der Waals surface area contributed by atoms with Crippen molar-refractivity contribution in [3.8, 4) is 0 Å². The van der Waals surface area contributed by atoms with E-state index in [-0.39, 0.29) is 5.82 Å². The van der Waals surface area contributed by atoms with E-state index < -0.39 is 0 Å². The van der Waals surface area contributed by atoms with Crippen LogP contribution in [0.5, 0.6) is 0 Å². The van der Waals surface area contributed by atoms with Crippen LogP contribution in [0.1, 0.15) is 18.9 Å². The Bertz CT molecular complexity index is 261. The van der Waals surface area contributed by atoms with Gasteiger partial charge in [-0.2, -0.15) is 0 Å². The third-order valence-electron chi connectivity index (χ3n) is 2.27. The van der Waals surface area contributed by atoms with Gasteiger partial charge in [0.25, 0.3) is 0 Å². The van der Waals surface area contributed by atoms with Crippen molar-refractivity contribution in [2.75, 3.05) is 0 Å². The van der Waals surface area contributed by atoms with Crippen molar-refractivity contribution in [1.29, 1.82) is 0 Å². The van der Waals surface area contributed by atoms with Gasteiger partial charge in [-0.05, 0) is 36.5 Å². The van der Waals surface area contributed by atoms with Crippen molar-refractivity contribution < 1.29 is 4.39 Å². The Balaban J connectivity index is 2.63. The summed E-state index contributed by atoms with van der Waals surface area (Å²) in [4.78, 5) is 0. The van der Waals surface area contributed by atoms with Gasteiger partial charge in [0.2, 0.25) is 0 Å². The summed E-state index contributed by atoms with van der Waals surface area (Å²) < 4.78 is 12.6. The molecule has 1 aromatic carbocycles. The molecule has 0 nitrogen and oxygen atoms in total. The number of rotatable bonds is 4. The first kappa shape index (κ1) is 9.97. The van der Waals surface area contributed by atoms with Gasteiger partial charge in [-0.3, -0.25) is 0 Å². The zero-order valence-corrected chi connectivity index (χ0v) is 7.96. The normalized spacial score (nSPS) is 12.5. The van der Waals surface area contributed by atoms with Crippen molar-refractivity contribution in [2.45, 2.75) is 19.8 Å². The van der Waals surface area contributed by atoms with Crippen molar-refractivity contribution in [1.82, 2.24) is 0 Å². The summed E-state index contributed by atoms with van der Waals surface area (Å²) in [6.45, 7) is 5.91. The van der Waals surface area contributed by atoms with Crippen molar-refractivity contribution in [3.63, 3.8) is 0 Å². The van der Waals surface area contributed by atoms with Gasteiger partial charge in [-0.1, -0.05) is 25.1 Å². The molecule has 13 heavy (non-hydrogen) atoms. The second-order valence-electron chi connectivity index (χ2n) is 3.23. The van der Waals surface area contributed by atoms with Gasteiger partial charge >= 0.3 is 0 Å². The first-order valence-corrected chi connectivity index (χ1v) is 4.63. The van der Waals surface area contributed by atoms with E-state index in [1.807, 2.05) is 18.2 Å². The first-order chi connectivity index (χ1) is 6.26. The molecule has 0 heterocycles. The molecule has 1 atom stereocenters. The van der Waals surface area contributed by atoms with Gasteiger partial charge in [-0.25, -0.2) is 4.39 Å². The minimum Gasteiger partial charge on any atom is -0.207 e. The van der Waals surface area contributed by atoms with Crippen molar-refractivity contribution in [3.05, 3.63) is 48.3 Å². The van der Waals surface area contributed by atoms with E-state index in [2.05, 4.69) is 13.5 Å². The lowest BCUT2D eigenvalue weighted by atomic mass is 9.97. The summed E-state index contributed by atoms with van der Waals surface area (Å²) in [6, 6.07) is 6.68. The molecule has 0 saturated carbocycles. The molecule has 0 bridgehead atoms. The summed E-state index contributed by atoms with van der Waals surface area (Å²) in [7, 11) is 0. The molecule has 0 aliphatic carbocycles. The van der Waals surface area contributed by atoms with Gasteiger partial charge in [-0.15, -0.1) is 6.58 Å². The summed E-state index contributed by atoms with van der Waals surface area (Å²) in [5.41, 5.74) is 1.17. The fraction of sp³-hybridized carbons (Fsp3) is 0.333. The molecule has 0 spiro atoms. The molecule has 0 saturated heterocycles. The molecular weight excluding hydrogens is 163 g/mol. The van der Waals surface area contributed by atoms with E-state index in [4.69, 9.17) is 0 Å². The average molecular weight is 178 g/mol. The SMILES string of the molecule is C=CC(CC)Cc1ccc(F)cc1. The Labute approximate surface area is 79.1 Å². The smallest absolute Gasteiger partial charge is 0.123 e. The van der Waals surface area contributed by atoms with Crippen LogP contribution in [0, 0.1) is 11.7 Å². The van der Waals surface area contributed by atoms with Gasteiger partial charge in [0.05, 0.1) is 0 Å². The molecule has 0 fully saturated rings. The summed E-state index contributed by atoms with van der Waals surface area (Å²) in [6.07, 6.45) is 4.00. The predicted octanol–water partition coefficient (Wildman–Crippen LogP) is 3.58. The van der Waals surface area contributed by atoms with Crippen LogP contribution in [0.4, 0.5) is 4.39 Å². The summed E-state index contributed by atoms with van der Waals surface area (Å²) >= 11 is 0. The van der Waals surface area contributed by atoms with E-state index in [1.165, 1.54) is 17.7 Å². The van der Waals surface area contributed by atoms with E-state index in [0.717, 1.165) is 12.8 Å². The second kappa shape index (κ2) is 4.80. The van der Waals surface area contributed by atoms with Crippen LogP contribution >= 0.6 is 0 Å². The second-order valence-corrected chi connectivity index (χ2v) is 3.23. The molecule has 1 unspecified atom stereocenters. The van der Waals surface area contributed by atoms with E-state index in [9.17, 15) is 4.39 Å². The van der Waals surface area contributed by atoms with Crippen molar-refractivity contribution >= 4 is 0 Å². The Morgan fingerprint density at radius 2 is 2.00 bits per heavy atom. The summed E-state index contributed by atoms with van der Waals surface area (Å²) in [5.74, 6) is 0.334. The third kappa shape index (κ3) is 3.02. The molecule has 0 aliphatic rings. The summed E-state index contributed by atoms with van der Waals surface area (Å²) in [5, 5.41) is 0. The lowest BCUT2D eigenvalue weighted by molar-refractivity contribution is 0.614. The molecule has 0 aromatic heterocycles. The molecule has 0 aliphatic heterocycles. The Hall–Kier alpha value is -1.11. The van der Waals surface area contributed by atoms with E-state index in [1.54, 1.807) is 0 Å². The quantitative estimate of drug-likeness (QED) is 0.618. The maximum absolute atomic E-state index is 12.6. The highest BCUT2D eigenvalue weighted by Gasteiger charge is 2.02. The van der Waals surface area contributed by atoms with Crippen LogP contribution in [0.15, 0.2) is 36.9 Å². The van der Waals surface area contributed by atoms with Crippen LogP contribution < -0.4 is 0 Å². The van der Waals surface area contributed by atoms with Crippen LogP contribution in [0.2, 0.25) is 0 Å². The third-order valence-corrected chi connectivity index (χ3v) is 2.27. The number of hydrogen-bond acceptors (Lipinski definition) is 0. The maximum atomic E-state index is 12.6. The highest BCUT2D eigenvalue weighted by molar-refractivity contribution is 5.17. The molecule has 1 rings (SSSR count). The Morgan fingerprint density at radius 3 is 2.46 bits per heavy atom. The maximum Gasteiger partial charge on any atom is 0.123 e. The molecule has 1 aromatic rings. The van der Waals surface area contributed by atoms with Crippen LogP contribution in [-0.2, 0) is 6.42 Å². The van der Waals surface area contributed by atoms with Gasteiger partial charge in [0, 0.05) is 0 Å². The average Bonchev–Trinajstić information content (AvgIpc) is 2.17. The molecule has 0 N–H and O–H groups in total. The Kier molecular flexibility index (Phi) is 3.69. The fourth-order valence-electron chi connectivity index (χ4n) is 1.32. The minimum atomic E-state index is -0.171. The van der Waals surface area contributed by atoms with E-state index >= 15 is 0 Å².